The summed E-state index contributed by atoms with van der Waals surface area (Å²) < 4.78 is 26.8. The molecule has 1 aliphatic carbocycles. The summed E-state index contributed by atoms with van der Waals surface area (Å²) in [5.74, 6) is -3.29. The number of nitriles is 1. The van der Waals surface area contributed by atoms with E-state index in [0.29, 0.717) is 18.5 Å². The summed E-state index contributed by atoms with van der Waals surface area (Å²) in [6, 6.07) is 2.68. The summed E-state index contributed by atoms with van der Waals surface area (Å²) >= 11 is 5.79. The van der Waals surface area contributed by atoms with Gasteiger partial charge in [0.2, 0.25) is 0 Å². The summed E-state index contributed by atoms with van der Waals surface area (Å²) in [6.45, 7) is 0.170. The van der Waals surface area contributed by atoms with Crippen LogP contribution in [0.3, 0.4) is 0 Å². The van der Waals surface area contributed by atoms with Crippen LogP contribution in [-0.4, -0.2) is 23.5 Å². The third-order valence-corrected chi connectivity index (χ3v) is 3.93. The van der Waals surface area contributed by atoms with E-state index < -0.39 is 17.9 Å². The predicted molar refractivity (Wildman–Crippen MR) is 77.9 cm³/mol. The van der Waals surface area contributed by atoms with Crippen molar-refractivity contribution in [2.24, 2.45) is 5.92 Å². The molecule has 1 aromatic heterocycles. The van der Waals surface area contributed by atoms with Crippen LogP contribution in [0.15, 0.2) is 12.3 Å². The number of aromatic nitrogens is 1. The molecule has 0 saturated heterocycles. The van der Waals surface area contributed by atoms with E-state index >= 15 is 0 Å². The molecule has 8 heteroatoms. The van der Waals surface area contributed by atoms with Crippen LogP contribution in [0.5, 0.6) is 0 Å². The molecule has 0 aliphatic heterocycles. The lowest BCUT2D eigenvalue weighted by atomic mass is 10.0. The van der Waals surface area contributed by atoms with E-state index in [1.807, 2.05) is 0 Å². The van der Waals surface area contributed by atoms with Gasteiger partial charge in [0.1, 0.15) is 6.07 Å². The zero-order valence-corrected chi connectivity index (χ0v) is 12.5. The number of rotatable bonds is 4. The lowest BCUT2D eigenvalue weighted by Crippen LogP contribution is -2.32. The largest absolute Gasteiger partial charge is 0.338 e. The van der Waals surface area contributed by atoms with Crippen LogP contribution in [0.2, 0.25) is 5.02 Å². The van der Waals surface area contributed by atoms with Crippen molar-refractivity contribution in [1.29, 1.82) is 5.26 Å². The molecule has 0 aromatic carbocycles. The number of anilines is 1. The molecule has 1 heterocycles. The molecule has 0 radical (unpaired) electrons. The van der Waals surface area contributed by atoms with E-state index in [9.17, 15) is 13.6 Å². The van der Waals surface area contributed by atoms with Crippen molar-refractivity contribution in [3.8, 4) is 6.07 Å². The van der Waals surface area contributed by atoms with Gasteiger partial charge in [-0.2, -0.15) is 5.26 Å². The molecule has 0 spiro atoms. The van der Waals surface area contributed by atoms with Gasteiger partial charge in [-0.15, -0.1) is 0 Å². The zero-order valence-electron chi connectivity index (χ0n) is 11.7. The number of alkyl halides is 2. The van der Waals surface area contributed by atoms with Gasteiger partial charge in [-0.1, -0.05) is 11.6 Å². The van der Waals surface area contributed by atoms with E-state index in [1.165, 1.54) is 12.3 Å². The first kappa shape index (κ1) is 16.4. The smallest absolute Gasteiger partial charge is 0.319 e. The Morgan fingerprint density at radius 2 is 2.36 bits per heavy atom. The fourth-order valence-electron chi connectivity index (χ4n) is 2.48. The molecule has 1 atom stereocenters. The van der Waals surface area contributed by atoms with E-state index in [4.69, 9.17) is 16.9 Å². The number of carbonyl (C=O) groups excluding carboxylic acids is 1. The first-order valence-electron chi connectivity index (χ1n) is 6.90. The summed E-state index contributed by atoms with van der Waals surface area (Å²) in [4.78, 5) is 15.4. The van der Waals surface area contributed by atoms with Gasteiger partial charge in [-0.3, -0.25) is 0 Å². The molecule has 1 aromatic rings. The number of amides is 2. The second-order valence-electron chi connectivity index (χ2n) is 5.19. The Morgan fingerprint density at radius 1 is 1.59 bits per heavy atom. The van der Waals surface area contributed by atoms with E-state index in [-0.39, 0.29) is 30.1 Å². The van der Waals surface area contributed by atoms with Gasteiger partial charge in [-0.05, 0) is 25.3 Å². The fraction of sp³-hybridized carbons (Fsp3) is 0.500. The third-order valence-electron chi connectivity index (χ3n) is 3.64. The van der Waals surface area contributed by atoms with E-state index in [0.717, 1.165) is 0 Å². The lowest BCUT2D eigenvalue weighted by Gasteiger charge is -2.18. The molecule has 1 unspecified atom stereocenters. The standard InChI is InChI=1S/C14H15ClF2N4O/c15-11-6-10(8-20-12(11)7-18)21-13(22)19-5-3-9-2-1-4-14(9,16)17/h6,8-9H,1-5H2,(H2,19,21,22). The minimum atomic E-state index is -2.62. The van der Waals surface area contributed by atoms with Crippen molar-refractivity contribution in [3.05, 3.63) is 23.0 Å². The van der Waals surface area contributed by atoms with Gasteiger partial charge < -0.3 is 10.6 Å². The summed E-state index contributed by atoms with van der Waals surface area (Å²) in [5, 5.41) is 13.8. The Balaban J connectivity index is 1.79. The molecule has 2 N–H and O–H groups in total. The normalized spacial score (nSPS) is 19.5. The molecule has 2 rings (SSSR count). The average Bonchev–Trinajstić information content (AvgIpc) is 2.78. The van der Waals surface area contributed by atoms with E-state index in [1.54, 1.807) is 6.07 Å². The van der Waals surface area contributed by atoms with Crippen LogP contribution >= 0.6 is 11.6 Å². The molecule has 22 heavy (non-hydrogen) atoms. The summed E-state index contributed by atoms with van der Waals surface area (Å²) in [5.41, 5.74) is 0.392. The number of pyridine rings is 1. The maximum absolute atomic E-state index is 13.4. The van der Waals surface area contributed by atoms with Crippen molar-refractivity contribution >= 4 is 23.3 Å². The molecule has 5 nitrogen and oxygen atoms in total. The number of carbonyl (C=O) groups is 1. The van der Waals surface area contributed by atoms with Crippen molar-refractivity contribution in [3.63, 3.8) is 0 Å². The Morgan fingerprint density at radius 3 is 2.95 bits per heavy atom. The van der Waals surface area contributed by atoms with Crippen molar-refractivity contribution in [1.82, 2.24) is 10.3 Å². The molecule has 1 aliphatic rings. The molecule has 1 saturated carbocycles. The highest BCUT2D eigenvalue weighted by Gasteiger charge is 2.42. The second-order valence-corrected chi connectivity index (χ2v) is 5.59. The van der Waals surface area contributed by atoms with Crippen LogP contribution in [0.25, 0.3) is 0 Å². The number of urea groups is 1. The highest BCUT2D eigenvalue weighted by molar-refractivity contribution is 6.31. The molecule has 1 fully saturated rings. The minimum Gasteiger partial charge on any atom is -0.338 e. The maximum Gasteiger partial charge on any atom is 0.319 e. The average molecular weight is 329 g/mol. The van der Waals surface area contributed by atoms with Crippen LogP contribution in [-0.2, 0) is 0 Å². The third kappa shape index (κ3) is 4.04. The van der Waals surface area contributed by atoms with Crippen LogP contribution in [0, 0.1) is 17.2 Å². The van der Waals surface area contributed by atoms with Gasteiger partial charge in [0.25, 0.3) is 5.92 Å². The van der Waals surface area contributed by atoms with Gasteiger partial charge >= 0.3 is 6.03 Å². The highest BCUT2D eigenvalue weighted by atomic mass is 35.5. The zero-order chi connectivity index (χ0) is 16.2. The lowest BCUT2D eigenvalue weighted by molar-refractivity contribution is -0.0389. The number of hydrogen-bond donors (Lipinski definition) is 2. The number of halogens is 3. The van der Waals surface area contributed by atoms with Gasteiger partial charge in [0.05, 0.1) is 16.9 Å². The molecule has 118 valence electrons. The Bertz CT molecular complexity index is 603. The van der Waals surface area contributed by atoms with E-state index in [2.05, 4.69) is 15.6 Å². The Kier molecular flexibility index (Phi) is 5.14. The first-order chi connectivity index (χ1) is 10.4. The second kappa shape index (κ2) is 6.88. The summed E-state index contributed by atoms with van der Waals surface area (Å²) in [6.07, 6.45) is 2.49. The molecular formula is C14H15ClF2N4O. The number of nitrogens with one attached hydrogen (secondary N) is 2. The molecule has 0 bridgehead atoms. The highest BCUT2D eigenvalue weighted by Crippen LogP contribution is 2.41. The van der Waals surface area contributed by atoms with Crippen LogP contribution in [0.1, 0.15) is 31.4 Å². The van der Waals surface area contributed by atoms with Gasteiger partial charge in [0, 0.05) is 18.9 Å². The first-order valence-corrected chi connectivity index (χ1v) is 7.28. The van der Waals surface area contributed by atoms with Crippen molar-refractivity contribution in [2.45, 2.75) is 31.6 Å². The topological polar surface area (TPSA) is 77.8 Å². The number of nitrogens with zero attached hydrogens (tertiary/aromatic N) is 2. The van der Waals surface area contributed by atoms with Crippen LogP contribution < -0.4 is 10.6 Å². The SMILES string of the molecule is N#Cc1ncc(NC(=O)NCCC2CCCC2(F)F)cc1Cl. The van der Waals surface area contributed by atoms with Gasteiger partial charge in [-0.25, -0.2) is 18.6 Å². The minimum absolute atomic E-state index is 0.0658. The molecular weight excluding hydrogens is 314 g/mol. The quantitative estimate of drug-likeness (QED) is 0.887. The van der Waals surface area contributed by atoms with Crippen molar-refractivity contribution < 1.29 is 13.6 Å². The van der Waals surface area contributed by atoms with Crippen LogP contribution in [0.4, 0.5) is 19.3 Å². The number of hydrogen-bond acceptors (Lipinski definition) is 3. The predicted octanol–water partition coefficient (Wildman–Crippen LogP) is 3.55. The Hall–Kier alpha value is -1.94. The summed E-state index contributed by atoms with van der Waals surface area (Å²) in [7, 11) is 0. The molecule has 2 amide bonds. The monoisotopic (exact) mass is 328 g/mol. The van der Waals surface area contributed by atoms with Crippen molar-refractivity contribution in [2.75, 3.05) is 11.9 Å². The van der Waals surface area contributed by atoms with Gasteiger partial charge in [0.15, 0.2) is 5.69 Å². The Labute approximate surface area is 131 Å². The fourth-order valence-corrected chi connectivity index (χ4v) is 2.69. The maximum atomic E-state index is 13.4.